The smallest absolute Gasteiger partial charge is 0.334 e. The van der Waals surface area contributed by atoms with E-state index in [2.05, 4.69) is 32.9 Å². The van der Waals surface area contributed by atoms with Gasteiger partial charge in [-0.25, -0.2) is 4.79 Å². The van der Waals surface area contributed by atoms with E-state index in [0.717, 1.165) is 26.0 Å². The van der Waals surface area contributed by atoms with Crippen molar-refractivity contribution >= 4 is 34.1 Å². The first-order valence-electron chi connectivity index (χ1n) is 7.56. The van der Waals surface area contributed by atoms with E-state index in [-0.39, 0.29) is 5.92 Å². The zero-order valence-corrected chi connectivity index (χ0v) is 15.5. The van der Waals surface area contributed by atoms with E-state index in [1.807, 2.05) is 50.2 Å². The first kappa shape index (κ1) is 16.7. The van der Waals surface area contributed by atoms with E-state index in [4.69, 9.17) is 0 Å². The fraction of sp³-hybridized carbons (Fsp3) is 0.158. The lowest BCUT2D eigenvalue weighted by Gasteiger charge is -2.31. The predicted molar refractivity (Wildman–Crippen MR) is 102 cm³/mol. The molecule has 0 amide bonds. The molecule has 1 aromatic heterocycles. The van der Waals surface area contributed by atoms with Crippen molar-refractivity contribution in [2.75, 3.05) is 0 Å². The minimum atomic E-state index is -0.905. The maximum atomic E-state index is 12.0. The third-order valence-electron chi connectivity index (χ3n) is 4.17. The van der Waals surface area contributed by atoms with Gasteiger partial charge in [0.1, 0.15) is 0 Å². The van der Waals surface area contributed by atoms with Crippen molar-refractivity contribution in [2.24, 2.45) is 0 Å². The molecule has 0 radical (unpaired) electrons. The average Bonchev–Trinajstić information content (AvgIpc) is 2.55. The molecule has 1 aliphatic heterocycles. The van der Waals surface area contributed by atoms with E-state index in [1.165, 1.54) is 0 Å². The van der Waals surface area contributed by atoms with Crippen LogP contribution in [0.5, 0.6) is 0 Å². The third-order valence-corrected chi connectivity index (χ3v) is 4.89. The lowest BCUT2D eigenvalue weighted by atomic mass is 9.78. The normalized spacial score (nSPS) is 17.7. The molecule has 2 aromatic rings. The number of carboxylic acids is 1. The fourth-order valence-electron chi connectivity index (χ4n) is 3.17. The second-order valence-corrected chi connectivity index (χ2v) is 6.98. The minimum Gasteiger partial charge on any atom is -0.478 e. The predicted octanol–water partition coefficient (Wildman–Crippen LogP) is 4.16. The first-order valence-corrected chi connectivity index (χ1v) is 8.64. The van der Waals surface area contributed by atoms with E-state index < -0.39 is 5.97 Å². The summed E-state index contributed by atoms with van der Waals surface area (Å²) in [6.07, 6.45) is 3.50. The quantitative estimate of drug-likeness (QED) is 0.716. The van der Waals surface area contributed by atoms with Crippen molar-refractivity contribution in [3.63, 3.8) is 0 Å². The summed E-state index contributed by atoms with van der Waals surface area (Å²) in [4.78, 5) is 16.2. The molecule has 1 aliphatic rings. The number of hydrogen-bond acceptors (Lipinski definition) is 3. The number of nitrogens with zero attached hydrogens (tertiary/aromatic N) is 1. The van der Waals surface area contributed by atoms with Crippen LogP contribution in [0.1, 0.15) is 30.9 Å². The number of pyridine rings is 1. The number of aromatic nitrogens is 1. The van der Waals surface area contributed by atoms with Crippen LogP contribution in [0.15, 0.2) is 65.8 Å². The highest BCUT2D eigenvalue weighted by atomic mass is 127. The van der Waals surface area contributed by atoms with Gasteiger partial charge in [0.15, 0.2) is 0 Å². The number of aliphatic carboxylic acids is 1. The molecule has 122 valence electrons. The molecule has 24 heavy (non-hydrogen) atoms. The summed E-state index contributed by atoms with van der Waals surface area (Å²) in [5.74, 6) is -1.23. The summed E-state index contributed by atoms with van der Waals surface area (Å²) >= 11 is 2.25. The summed E-state index contributed by atoms with van der Waals surface area (Å²) in [7, 11) is 0. The molecular formula is C19H17IN2O2. The van der Waals surface area contributed by atoms with Crippen LogP contribution in [0.3, 0.4) is 0 Å². The Hall–Kier alpha value is -2.15. The molecule has 0 aliphatic carbocycles. The Bertz CT molecular complexity index is 839. The SMILES string of the molecule is CC1=C(C(=O)O)C(c2ccc(I)cc2)C(c2cccnc2)=C(C)N1. The molecule has 2 N–H and O–H groups in total. The molecular weight excluding hydrogens is 415 g/mol. The summed E-state index contributed by atoms with van der Waals surface area (Å²) in [6, 6.07) is 11.8. The topological polar surface area (TPSA) is 62.2 Å². The van der Waals surface area contributed by atoms with Crippen molar-refractivity contribution in [1.82, 2.24) is 10.3 Å². The second-order valence-electron chi connectivity index (χ2n) is 5.73. The summed E-state index contributed by atoms with van der Waals surface area (Å²) in [5, 5.41) is 13.0. The molecule has 2 heterocycles. The number of benzene rings is 1. The molecule has 0 fully saturated rings. The number of halogens is 1. The van der Waals surface area contributed by atoms with Gasteiger partial charge in [-0.1, -0.05) is 18.2 Å². The number of hydrogen-bond donors (Lipinski definition) is 2. The fourth-order valence-corrected chi connectivity index (χ4v) is 3.53. The zero-order chi connectivity index (χ0) is 17.3. The number of dihydropyridines is 1. The molecule has 0 spiro atoms. The van der Waals surface area contributed by atoms with Gasteiger partial charge < -0.3 is 10.4 Å². The van der Waals surface area contributed by atoms with E-state index in [1.54, 1.807) is 12.4 Å². The largest absolute Gasteiger partial charge is 0.478 e. The average molecular weight is 432 g/mol. The van der Waals surface area contributed by atoms with Crippen LogP contribution in [0.2, 0.25) is 0 Å². The molecule has 0 bridgehead atoms. The van der Waals surface area contributed by atoms with Gasteiger partial charge in [-0.2, -0.15) is 0 Å². The molecule has 1 aromatic carbocycles. The van der Waals surface area contributed by atoms with Crippen molar-refractivity contribution in [3.05, 3.63) is 80.5 Å². The van der Waals surface area contributed by atoms with Gasteiger partial charge in [-0.05, 0) is 71.3 Å². The summed E-state index contributed by atoms with van der Waals surface area (Å²) in [5.41, 5.74) is 4.85. The minimum absolute atomic E-state index is 0.329. The summed E-state index contributed by atoms with van der Waals surface area (Å²) in [6.45, 7) is 3.79. The van der Waals surface area contributed by atoms with Crippen LogP contribution >= 0.6 is 22.6 Å². The zero-order valence-electron chi connectivity index (χ0n) is 13.4. The summed E-state index contributed by atoms with van der Waals surface area (Å²) < 4.78 is 1.12. The van der Waals surface area contributed by atoms with E-state index in [9.17, 15) is 9.90 Å². The maximum Gasteiger partial charge on any atom is 0.334 e. The highest BCUT2D eigenvalue weighted by Gasteiger charge is 2.33. The van der Waals surface area contributed by atoms with Gasteiger partial charge in [-0.3, -0.25) is 4.98 Å². The highest BCUT2D eigenvalue weighted by Crippen LogP contribution is 2.43. The number of carbonyl (C=O) groups is 1. The van der Waals surface area contributed by atoms with Gasteiger partial charge in [0.05, 0.1) is 5.57 Å². The van der Waals surface area contributed by atoms with Crippen molar-refractivity contribution < 1.29 is 9.90 Å². The Balaban J connectivity index is 2.23. The molecule has 0 saturated heterocycles. The lowest BCUT2D eigenvalue weighted by Crippen LogP contribution is -2.27. The Kier molecular flexibility index (Phi) is 4.71. The van der Waals surface area contributed by atoms with Crippen LogP contribution < -0.4 is 5.32 Å². The van der Waals surface area contributed by atoms with Crippen LogP contribution in [0, 0.1) is 3.57 Å². The molecule has 3 rings (SSSR count). The standard InChI is InChI=1S/C19H17IN2O2/c1-11-16(14-4-3-9-21-10-14)18(13-5-7-15(20)8-6-13)17(19(23)24)12(2)22-11/h3-10,18,22H,1-2H3,(H,23,24). The van der Waals surface area contributed by atoms with Crippen LogP contribution in [-0.4, -0.2) is 16.1 Å². The van der Waals surface area contributed by atoms with Crippen LogP contribution in [-0.2, 0) is 4.79 Å². The number of allylic oxidation sites excluding steroid dienone is 3. The monoisotopic (exact) mass is 432 g/mol. The number of nitrogens with one attached hydrogen (secondary N) is 1. The lowest BCUT2D eigenvalue weighted by molar-refractivity contribution is -0.132. The first-order chi connectivity index (χ1) is 11.5. The van der Waals surface area contributed by atoms with Gasteiger partial charge >= 0.3 is 5.97 Å². The highest BCUT2D eigenvalue weighted by molar-refractivity contribution is 14.1. The van der Waals surface area contributed by atoms with Gasteiger partial charge in [-0.15, -0.1) is 0 Å². The molecule has 0 saturated carbocycles. The van der Waals surface area contributed by atoms with Gasteiger partial charge in [0.25, 0.3) is 0 Å². The maximum absolute atomic E-state index is 12.0. The third kappa shape index (κ3) is 3.08. The Labute approximate surface area is 154 Å². The Morgan fingerprint density at radius 3 is 2.46 bits per heavy atom. The molecule has 1 atom stereocenters. The molecule has 5 heteroatoms. The van der Waals surface area contributed by atoms with Crippen molar-refractivity contribution in [1.29, 1.82) is 0 Å². The Morgan fingerprint density at radius 2 is 1.88 bits per heavy atom. The van der Waals surface area contributed by atoms with Crippen molar-refractivity contribution in [2.45, 2.75) is 19.8 Å². The molecule has 1 unspecified atom stereocenters. The second kappa shape index (κ2) is 6.76. The van der Waals surface area contributed by atoms with E-state index in [0.29, 0.717) is 11.3 Å². The van der Waals surface area contributed by atoms with Crippen LogP contribution in [0.25, 0.3) is 5.57 Å². The molecule has 4 nitrogen and oxygen atoms in total. The number of rotatable bonds is 3. The van der Waals surface area contributed by atoms with Gasteiger partial charge in [0, 0.05) is 33.3 Å². The van der Waals surface area contributed by atoms with Gasteiger partial charge in [0.2, 0.25) is 0 Å². The van der Waals surface area contributed by atoms with Crippen molar-refractivity contribution in [3.8, 4) is 0 Å². The Morgan fingerprint density at radius 1 is 1.17 bits per heavy atom. The van der Waals surface area contributed by atoms with Crippen LogP contribution in [0.4, 0.5) is 0 Å². The van der Waals surface area contributed by atoms with E-state index >= 15 is 0 Å². The number of carboxylic acid groups (broad SMARTS) is 1.